The van der Waals surface area contributed by atoms with Gasteiger partial charge in [-0.25, -0.2) is 0 Å². The summed E-state index contributed by atoms with van der Waals surface area (Å²) >= 11 is 0. The van der Waals surface area contributed by atoms with Gasteiger partial charge in [-0.1, -0.05) is 60.7 Å². The third kappa shape index (κ3) is 3.49. The van der Waals surface area contributed by atoms with Crippen LogP contribution in [0.4, 0.5) is 0 Å². The molecule has 1 saturated heterocycles. The summed E-state index contributed by atoms with van der Waals surface area (Å²) in [6, 6.07) is 21.7. The standard InChI is InChI=1S/C19H22N/c1-3-7-17(8-4-1)11-14-20-15-12-19(13-16-20)18-9-5-2-6-10-18/h1-10H,11-16H2. The molecule has 1 aliphatic rings. The Morgan fingerprint density at radius 2 is 1.35 bits per heavy atom. The van der Waals surface area contributed by atoms with E-state index in [2.05, 4.69) is 65.6 Å². The van der Waals surface area contributed by atoms with Gasteiger partial charge in [-0.15, -0.1) is 0 Å². The molecule has 0 unspecified atom stereocenters. The van der Waals surface area contributed by atoms with Crippen LogP contribution >= 0.6 is 0 Å². The predicted octanol–water partition coefficient (Wildman–Crippen LogP) is 3.95. The molecule has 0 bridgehead atoms. The lowest BCUT2D eigenvalue weighted by molar-refractivity contribution is 0.247. The van der Waals surface area contributed by atoms with E-state index in [0.717, 1.165) is 0 Å². The monoisotopic (exact) mass is 264 g/mol. The van der Waals surface area contributed by atoms with Gasteiger partial charge >= 0.3 is 0 Å². The van der Waals surface area contributed by atoms with Crippen LogP contribution in [-0.4, -0.2) is 24.5 Å². The maximum absolute atomic E-state index is 2.60. The summed E-state index contributed by atoms with van der Waals surface area (Å²) in [5.74, 6) is 1.63. The van der Waals surface area contributed by atoms with E-state index in [9.17, 15) is 0 Å². The van der Waals surface area contributed by atoms with Crippen LogP contribution in [0.25, 0.3) is 0 Å². The van der Waals surface area contributed by atoms with Gasteiger partial charge in [0.05, 0.1) is 0 Å². The van der Waals surface area contributed by atoms with E-state index in [4.69, 9.17) is 0 Å². The first-order valence-corrected chi connectivity index (χ1v) is 7.58. The van der Waals surface area contributed by atoms with Gasteiger partial charge in [0.25, 0.3) is 0 Å². The van der Waals surface area contributed by atoms with Crippen molar-refractivity contribution in [2.45, 2.75) is 19.3 Å². The number of rotatable bonds is 4. The highest BCUT2D eigenvalue weighted by Crippen LogP contribution is 2.26. The zero-order chi connectivity index (χ0) is 13.6. The molecule has 1 nitrogen and oxygen atoms in total. The zero-order valence-corrected chi connectivity index (χ0v) is 12.0. The number of hydrogen-bond donors (Lipinski definition) is 0. The smallest absolute Gasteiger partial charge is 0.00750 e. The molecule has 0 atom stereocenters. The van der Waals surface area contributed by atoms with Crippen molar-refractivity contribution in [1.29, 1.82) is 0 Å². The second-order valence-electron chi connectivity index (χ2n) is 5.55. The Balaban J connectivity index is 1.47. The summed E-state index contributed by atoms with van der Waals surface area (Å²) in [7, 11) is 0. The summed E-state index contributed by atoms with van der Waals surface area (Å²) in [5.41, 5.74) is 2.89. The summed E-state index contributed by atoms with van der Waals surface area (Å²) in [6.45, 7) is 3.60. The van der Waals surface area contributed by atoms with Crippen LogP contribution in [0.3, 0.4) is 0 Å². The van der Waals surface area contributed by atoms with Gasteiger partial charge in [0, 0.05) is 12.5 Å². The van der Waals surface area contributed by atoms with Gasteiger partial charge in [-0.2, -0.15) is 0 Å². The molecule has 20 heavy (non-hydrogen) atoms. The first-order valence-electron chi connectivity index (χ1n) is 7.58. The fourth-order valence-corrected chi connectivity index (χ4v) is 2.94. The molecule has 0 amide bonds. The second-order valence-corrected chi connectivity index (χ2v) is 5.55. The van der Waals surface area contributed by atoms with Crippen LogP contribution < -0.4 is 0 Å². The summed E-state index contributed by atoms with van der Waals surface area (Å²) in [4.78, 5) is 2.60. The minimum atomic E-state index is 1.17. The third-order valence-corrected chi connectivity index (χ3v) is 4.20. The summed E-state index contributed by atoms with van der Waals surface area (Å²) < 4.78 is 0. The zero-order valence-electron chi connectivity index (χ0n) is 12.0. The maximum atomic E-state index is 2.60. The average molecular weight is 264 g/mol. The maximum Gasteiger partial charge on any atom is 0.00750 e. The Kier molecular flexibility index (Phi) is 4.49. The van der Waals surface area contributed by atoms with Crippen LogP contribution in [0.2, 0.25) is 0 Å². The average Bonchev–Trinajstić information content (AvgIpc) is 2.55. The molecule has 103 valence electrons. The van der Waals surface area contributed by atoms with E-state index < -0.39 is 0 Å². The Morgan fingerprint density at radius 3 is 2.00 bits per heavy atom. The Labute approximate surface area is 122 Å². The number of benzene rings is 2. The predicted molar refractivity (Wildman–Crippen MR) is 84.6 cm³/mol. The highest BCUT2D eigenvalue weighted by Gasteiger charge is 2.20. The van der Waals surface area contributed by atoms with Crippen molar-refractivity contribution in [2.75, 3.05) is 19.6 Å². The summed E-state index contributed by atoms with van der Waals surface area (Å²) in [5, 5.41) is 0. The largest absolute Gasteiger partial charge is 0.303 e. The van der Waals surface area contributed by atoms with Crippen molar-refractivity contribution >= 4 is 0 Å². The molecular formula is C19H22N. The molecule has 1 radical (unpaired) electrons. The fourth-order valence-electron chi connectivity index (χ4n) is 2.94. The van der Waals surface area contributed by atoms with Crippen LogP contribution in [0.1, 0.15) is 24.0 Å². The van der Waals surface area contributed by atoms with Gasteiger partial charge in [-0.3, -0.25) is 0 Å². The van der Waals surface area contributed by atoms with Gasteiger partial charge in [0.1, 0.15) is 0 Å². The topological polar surface area (TPSA) is 3.24 Å². The van der Waals surface area contributed by atoms with Crippen molar-refractivity contribution in [2.24, 2.45) is 0 Å². The van der Waals surface area contributed by atoms with Gasteiger partial charge in [0.2, 0.25) is 0 Å². The lowest BCUT2D eigenvalue weighted by atomic mass is 9.89. The Hall–Kier alpha value is -1.60. The quantitative estimate of drug-likeness (QED) is 0.808. The molecule has 2 aromatic rings. The molecule has 0 N–H and O–H groups in total. The van der Waals surface area contributed by atoms with Crippen molar-refractivity contribution < 1.29 is 0 Å². The van der Waals surface area contributed by atoms with Gasteiger partial charge in [-0.05, 0) is 43.5 Å². The first kappa shape index (κ1) is 13.4. The Bertz CT molecular complexity index is 498. The van der Waals surface area contributed by atoms with E-state index in [1.807, 2.05) is 0 Å². The number of piperidine rings is 1. The molecule has 0 spiro atoms. The highest BCUT2D eigenvalue weighted by molar-refractivity contribution is 5.31. The molecular weight excluding hydrogens is 242 g/mol. The van der Waals surface area contributed by atoms with E-state index in [-0.39, 0.29) is 0 Å². The molecule has 1 fully saturated rings. The number of likely N-dealkylation sites (tertiary alicyclic amines) is 1. The normalized spacial score (nSPS) is 17.2. The van der Waals surface area contributed by atoms with Crippen LogP contribution in [0, 0.1) is 5.92 Å². The molecule has 2 aromatic carbocycles. The van der Waals surface area contributed by atoms with Crippen molar-refractivity contribution in [3.05, 3.63) is 77.7 Å². The number of nitrogens with zero attached hydrogens (tertiary/aromatic N) is 1. The molecule has 0 saturated carbocycles. The second kappa shape index (κ2) is 6.71. The van der Waals surface area contributed by atoms with Crippen LogP contribution in [-0.2, 0) is 6.42 Å². The minimum absolute atomic E-state index is 1.17. The fraction of sp³-hybridized carbons (Fsp3) is 0.316. The van der Waals surface area contributed by atoms with E-state index >= 15 is 0 Å². The molecule has 1 heteroatoms. The molecule has 1 aliphatic heterocycles. The lowest BCUT2D eigenvalue weighted by Gasteiger charge is -2.31. The SMILES string of the molecule is c1ccc(CCN2CC[C](c3ccccc3)CC2)cc1. The third-order valence-electron chi connectivity index (χ3n) is 4.20. The minimum Gasteiger partial charge on any atom is -0.303 e. The van der Waals surface area contributed by atoms with Crippen LogP contribution in [0.15, 0.2) is 60.7 Å². The van der Waals surface area contributed by atoms with Crippen molar-refractivity contribution in [3.63, 3.8) is 0 Å². The molecule has 1 heterocycles. The van der Waals surface area contributed by atoms with Crippen molar-refractivity contribution in [3.8, 4) is 0 Å². The molecule has 0 aliphatic carbocycles. The van der Waals surface area contributed by atoms with E-state index in [1.165, 1.54) is 50.0 Å². The first-order chi connectivity index (χ1) is 9.92. The molecule has 0 aromatic heterocycles. The Morgan fingerprint density at radius 1 is 0.750 bits per heavy atom. The highest BCUT2D eigenvalue weighted by atomic mass is 15.1. The summed E-state index contributed by atoms with van der Waals surface area (Å²) in [6.07, 6.45) is 3.61. The van der Waals surface area contributed by atoms with E-state index in [0.29, 0.717) is 0 Å². The van der Waals surface area contributed by atoms with E-state index in [1.54, 1.807) is 5.92 Å². The van der Waals surface area contributed by atoms with Gasteiger partial charge < -0.3 is 4.90 Å². The van der Waals surface area contributed by atoms with Crippen molar-refractivity contribution in [1.82, 2.24) is 4.90 Å². The number of hydrogen-bond acceptors (Lipinski definition) is 1. The molecule has 3 rings (SSSR count). The van der Waals surface area contributed by atoms with Crippen LogP contribution in [0.5, 0.6) is 0 Å². The lowest BCUT2D eigenvalue weighted by Crippen LogP contribution is -2.34. The van der Waals surface area contributed by atoms with Gasteiger partial charge in [0.15, 0.2) is 0 Å².